The molecule has 3 rings (SSSR count). The molecule has 0 saturated carbocycles. The molecule has 3 heteroatoms. The summed E-state index contributed by atoms with van der Waals surface area (Å²) in [5, 5.41) is 0. The van der Waals surface area contributed by atoms with Gasteiger partial charge >= 0.3 is 0 Å². The van der Waals surface area contributed by atoms with Crippen molar-refractivity contribution >= 4 is 17.7 Å². The van der Waals surface area contributed by atoms with Gasteiger partial charge in [0.1, 0.15) is 0 Å². The van der Waals surface area contributed by atoms with Crippen LogP contribution in [0.4, 0.5) is 0 Å². The monoisotopic (exact) mass is 339 g/mol. The average Bonchev–Trinajstić information content (AvgIpc) is 2.62. The molecule has 1 unspecified atom stereocenters. The SMILES string of the molecule is CSc1ccc(C2(C)CCN([C@@H](C)c3ccccc3)C(=O)C2)cc1. The lowest BCUT2D eigenvalue weighted by Crippen LogP contribution is -2.45. The quantitative estimate of drug-likeness (QED) is 0.727. The van der Waals surface area contributed by atoms with E-state index in [0.717, 1.165) is 13.0 Å². The van der Waals surface area contributed by atoms with E-state index in [2.05, 4.69) is 56.5 Å². The highest BCUT2D eigenvalue weighted by Gasteiger charge is 2.38. The molecule has 2 aromatic carbocycles. The van der Waals surface area contributed by atoms with Gasteiger partial charge in [-0.2, -0.15) is 0 Å². The minimum atomic E-state index is -0.0546. The minimum Gasteiger partial charge on any atom is -0.336 e. The second-order valence-corrected chi connectivity index (χ2v) is 7.77. The zero-order valence-electron chi connectivity index (χ0n) is 14.7. The molecule has 1 saturated heterocycles. The molecular formula is C21H25NOS. The number of hydrogen-bond donors (Lipinski definition) is 0. The summed E-state index contributed by atoms with van der Waals surface area (Å²) in [5.74, 6) is 0.258. The van der Waals surface area contributed by atoms with E-state index in [-0.39, 0.29) is 17.4 Å². The summed E-state index contributed by atoms with van der Waals surface area (Å²) in [6.45, 7) is 5.17. The van der Waals surface area contributed by atoms with Gasteiger partial charge in [-0.3, -0.25) is 4.79 Å². The summed E-state index contributed by atoms with van der Waals surface area (Å²) in [7, 11) is 0. The molecule has 2 aromatic rings. The Balaban J connectivity index is 1.75. The Hall–Kier alpha value is -1.74. The Morgan fingerprint density at radius 3 is 2.33 bits per heavy atom. The van der Waals surface area contributed by atoms with Crippen LogP contribution in [0, 0.1) is 0 Å². The average molecular weight is 340 g/mol. The summed E-state index contributed by atoms with van der Waals surface area (Å²) < 4.78 is 0. The normalized spacial score (nSPS) is 22.5. The van der Waals surface area contributed by atoms with Crippen molar-refractivity contribution in [2.45, 2.75) is 43.0 Å². The maximum Gasteiger partial charge on any atom is 0.223 e. The molecule has 126 valence electrons. The molecule has 0 aliphatic carbocycles. The van der Waals surface area contributed by atoms with E-state index in [1.165, 1.54) is 16.0 Å². The van der Waals surface area contributed by atoms with Crippen LogP contribution in [0.15, 0.2) is 59.5 Å². The molecule has 2 atom stereocenters. The lowest BCUT2D eigenvalue weighted by molar-refractivity contribution is -0.138. The van der Waals surface area contributed by atoms with Crippen LogP contribution in [0.5, 0.6) is 0 Å². The summed E-state index contributed by atoms with van der Waals surface area (Å²) in [4.78, 5) is 16.1. The highest BCUT2D eigenvalue weighted by molar-refractivity contribution is 7.98. The number of hydrogen-bond acceptors (Lipinski definition) is 2. The van der Waals surface area contributed by atoms with Crippen LogP contribution < -0.4 is 0 Å². The van der Waals surface area contributed by atoms with Crippen LogP contribution in [-0.2, 0) is 10.2 Å². The fourth-order valence-corrected chi connectivity index (χ4v) is 3.98. The first-order valence-corrected chi connectivity index (χ1v) is 9.75. The largest absolute Gasteiger partial charge is 0.336 e. The lowest BCUT2D eigenvalue weighted by Gasteiger charge is -2.42. The van der Waals surface area contributed by atoms with E-state index in [1.807, 2.05) is 23.1 Å². The van der Waals surface area contributed by atoms with Crippen molar-refractivity contribution < 1.29 is 4.79 Å². The van der Waals surface area contributed by atoms with Gasteiger partial charge in [-0.05, 0) is 42.9 Å². The summed E-state index contributed by atoms with van der Waals surface area (Å²) >= 11 is 1.75. The molecule has 1 aliphatic heterocycles. The van der Waals surface area contributed by atoms with E-state index in [4.69, 9.17) is 0 Å². The Morgan fingerprint density at radius 2 is 1.75 bits per heavy atom. The fraction of sp³-hybridized carbons (Fsp3) is 0.381. The first kappa shape index (κ1) is 17.1. The Morgan fingerprint density at radius 1 is 1.08 bits per heavy atom. The molecular weight excluding hydrogens is 314 g/mol. The number of amides is 1. The van der Waals surface area contributed by atoms with Gasteiger partial charge in [0.05, 0.1) is 6.04 Å². The van der Waals surface area contributed by atoms with E-state index in [1.54, 1.807) is 11.8 Å². The van der Waals surface area contributed by atoms with Gasteiger partial charge in [0.15, 0.2) is 0 Å². The van der Waals surface area contributed by atoms with Crippen molar-refractivity contribution in [3.63, 3.8) is 0 Å². The van der Waals surface area contributed by atoms with Crippen molar-refractivity contribution in [2.75, 3.05) is 12.8 Å². The topological polar surface area (TPSA) is 20.3 Å². The van der Waals surface area contributed by atoms with Crippen molar-refractivity contribution in [1.29, 1.82) is 0 Å². The Bertz CT molecular complexity index is 698. The third-order valence-electron chi connectivity index (χ3n) is 5.30. The summed E-state index contributed by atoms with van der Waals surface area (Å²) in [6, 6.07) is 19.1. The molecule has 0 radical (unpaired) electrons. The zero-order chi connectivity index (χ0) is 17.2. The number of nitrogens with zero attached hydrogens (tertiary/aromatic N) is 1. The van der Waals surface area contributed by atoms with Crippen LogP contribution in [0.3, 0.4) is 0 Å². The third-order valence-corrected chi connectivity index (χ3v) is 6.05. The molecule has 1 fully saturated rings. The first-order chi connectivity index (χ1) is 11.5. The molecule has 1 amide bonds. The molecule has 0 spiro atoms. The summed E-state index contributed by atoms with van der Waals surface area (Å²) in [5.41, 5.74) is 2.43. The number of likely N-dealkylation sites (tertiary alicyclic amines) is 1. The van der Waals surface area contributed by atoms with Crippen LogP contribution >= 0.6 is 11.8 Å². The van der Waals surface area contributed by atoms with E-state index in [0.29, 0.717) is 6.42 Å². The highest BCUT2D eigenvalue weighted by Crippen LogP contribution is 2.38. The molecule has 2 nitrogen and oxygen atoms in total. The Kier molecular flexibility index (Phi) is 5.00. The van der Waals surface area contributed by atoms with Gasteiger partial charge in [0.25, 0.3) is 0 Å². The zero-order valence-corrected chi connectivity index (χ0v) is 15.5. The van der Waals surface area contributed by atoms with Gasteiger partial charge in [-0.1, -0.05) is 49.4 Å². The smallest absolute Gasteiger partial charge is 0.223 e. The molecule has 0 N–H and O–H groups in total. The molecule has 0 aromatic heterocycles. The number of benzene rings is 2. The molecule has 0 bridgehead atoms. The van der Waals surface area contributed by atoms with Crippen LogP contribution in [0.1, 0.15) is 43.9 Å². The molecule has 1 aliphatic rings. The standard InChI is InChI=1S/C21H25NOS/c1-16(17-7-5-4-6-8-17)22-14-13-21(2,15-20(22)23)18-9-11-19(24-3)12-10-18/h4-12,16H,13-15H2,1-3H3/t16-,21?/m0/s1. The van der Waals surface area contributed by atoms with Crippen LogP contribution in [0.25, 0.3) is 0 Å². The van der Waals surface area contributed by atoms with E-state index >= 15 is 0 Å². The van der Waals surface area contributed by atoms with Gasteiger partial charge in [-0.15, -0.1) is 11.8 Å². The maximum atomic E-state index is 12.8. The predicted octanol–water partition coefficient (Wildman–Crippen LogP) is 5.05. The second kappa shape index (κ2) is 7.02. The first-order valence-electron chi connectivity index (χ1n) is 8.52. The van der Waals surface area contributed by atoms with E-state index in [9.17, 15) is 4.79 Å². The molecule has 1 heterocycles. The van der Waals surface area contributed by atoms with Crippen molar-refractivity contribution in [3.05, 3.63) is 65.7 Å². The van der Waals surface area contributed by atoms with Gasteiger partial charge in [0.2, 0.25) is 5.91 Å². The predicted molar refractivity (Wildman–Crippen MR) is 101 cm³/mol. The number of carbonyl (C=O) groups excluding carboxylic acids is 1. The number of thioether (sulfide) groups is 1. The van der Waals surface area contributed by atoms with Crippen LogP contribution in [-0.4, -0.2) is 23.6 Å². The highest BCUT2D eigenvalue weighted by atomic mass is 32.2. The van der Waals surface area contributed by atoms with Crippen molar-refractivity contribution in [1.82, 2.24) is 4.90 Å². The number of piperidine rings is 1. The van der Waals surface area contributed by atoms with Gasteiger partial charge in [0, 0.05) is 23.3 Å². The van der Waals surface area contributed by atoms with Gasteiger partial charge in [-0.25, -0.2) is 0 Å². The number of rotatable bonds is 4. The maximum absolute atomic E-state index is 12.8. The molecule has 24 heavy (non-hydrogen) atoms. The van der Waals surface area contributed by atoms with Crippen molar-refractivity contribution in [3.8, 4) is 0 Å². The lowest BCUT2D eigenvalue weighted by atomic mass is 9.74. The van der Waals surface area contributed by atoms with Crippen LogP contribution in [0.2, 0.25) is 0 Å². The summed E-state index contributed by atoms with van der Waals surface area (Å²) in [6.07, 6.45) is 3.68. The minimum absolute atomic E-state index is 0.0546. The number of carbonyl (C=O) groups is 1. The van der Waals surface area contributed by atoms with E-state index < -0.39 is 0 Å². The van der Waals surface area contributed by atoms with Crippen molar-refractivity contribution in [2.24, 2.45) is 0 Å². The Labute approximate surface area is 149 Å². The second-order valence-electron chi connectivity index (χ2n) is 6.89. The fourth-order valence-electron chi connectivity index (χ4n) is 3.58. The third kappa shape index (κ3) is 3.36. The van der Waals surface area contributed by atoms with Gasteiger partial charge < -0.3 is 4.90 Å².